The molecule has 1 aromatic heterocycles. The summed E-state index contributed by atoms with van der Waals surface area (Å²) in [5.41, 5.74) is 8.77. The predicted octanol–water partition coefficient (Wildman–Crippen LogP) is 1.26. The Morgan fingerprint density at radius 1 is 1.42 bits per heavy atom. The van der Waals surface area contributed by atoms with Gasteiger partial charge in [-0.1, -0.05) is 6.07 Å². The number of hydrogen-bond acceptors (Lipinski definition) is 4. The van der Waals surface area contributed by atoms with Crippen LogP contribution in [0.15, 0.2) is 18.3 Å². The molecule has 0 amide bonds. The van der Waals surface area contributed by atoms with E-state index < -0.39 is 9.84 Å². The van der Waals surface area contributed by atoms with Crippen molar-refractivity contribution in [2.75, 3.05) is 11.5 Å². The maximum atomic E-state index is 11.5. The van der Waals surface area contributed by atoms with Crippen molar-refractivity contribution in [3.63, 3.8) is 0 Å². The van der Waals surface area contributed by atoms with Crippen LogP contribution in [-0.2, 0) is 16.3 Å². The van der Waals surface area contributed by atoms with Crippen LogP contribution in [0.2, 0.25) is 0 Å². The molecule has 0 spiro atoms. The third kappa shape index (κ3) is 2.67. The van der Waals surface area contributed by atoms with E-state index in [1.807, 2.05) is 12.3 Å². The number of aromatic nitrogens is 1. The maximum Gasteiger partial charge on any atom is 0.150 e. The van der Waals surface area contributed by atoms with Gasteiger partial charge < -0.3 is 5.73 Å². The van der Waals surface area contributed by atoms with Crippen molar-refractivity contribution in [1.29, 1.82) is 0 Å². The first-order valence-corrected chi connectivity index (χ1v) is 8.77. The van der Waals surface area contributed by atoms with Crippen LogP contribution in [0.3, 0.4) is 0 Å². The van der Waals surface area contributed by atoms with Gasteiger partial charge in [-0.3, -0.25) is 4.98 Å². The molecule has 2 aliphatic rings. The average molecular weight is 280 g/mol. The maximum absolute atomic E-state index is 11.5. The number of nitrogens with two attached hydrogens (primary N) is 1. The van der Waals surface area contributed by atoms with Gasteiger partial charge >= 0.3 is 0 Å². The lowest BCUT2D eigenvalue weighted by molar-refractivity contribution is 0.412. The smallest absolute Gasteiger partial charge is 0.150 e. The number of aryl methyl sites for hydroxylation is 1. The van der Waals surface area contributed by atoms with E-state index in [4.69, 9.17) is 5.73 Å². The molecule has 1 aromatic rings. The van der Waals surface area contributed by atoms with Crippen molar-refractivity contribution < 1.29 is 8.42 Å². The zero-order chi connectivity index (χ0) is 13.5. The molecular weight excluding hydrogens is 260 g/mol. The van der Waals surface area contributed by atoms with Crippen molar-refractivity contribution in [3.05, 3.63) is 29.6 Å². The minimum Gasteiger partial charge on any atom is -0.327 e. The summed E-state index contributed by atoms with van der Waals surface area (Å²) in [5.74, 6) is 1.21. The summed E-state index contributed by atoms with van der Waals surface area (Å²) in [5, 5.41) is 0. The van der Waals surface area contributed by atoms with Crippen LogP contribution in [-0.4, -0.2) is 30.9 Å². The zero-order valence-electron chi connectivity index (χ0n) is 11.0. The van der Waals surface area contributed by atoms with Crippen molar-refractivity contribution in [2.24, 2.45) is 11.7 Å². The predicted molar refractivity (Wildman–Crippen MR) is 74.7 cm³/mol. The van der Waals surface area contributed by atoms with E-state index in [0.29, 0.717) is 17.4 Å². The minimum absolute atomic E-state index is 0.0365. The summed E-state index contributed by atoms with van der Waals surface area (Å²) in [6.07, 6.45) is 5.50. The molecule has 1 aliphatic heterocycles. The summed E-state index contributed by atoms with van der Waals surface area (Å²) in [4.78, 5) is 4.47. The second kappa shape index (κ2) is 4.87. The van der Waals surface area contributed by atoms with Gasteiger partial charge in [0.1, 0.15) is 0 Å². The summed E-state index contributed by atoms with van der Waals surface area (Å²) in [6, 6.07) is 4.13. The number of fused-ring (bicyclic) bond motifs is 1. The van der Waals surface area contributed by atoms with Gasteiger partial charge in [-0.25, -0.2) is 8.42 Å². The molecule has 3 rings (SSSR count). The van der Waals surface area contributed by atoms with E-state index >= 15 is 0 Å². The first-order chi connectivity index (χ1) is 9.05. The van der Waals surface area contributed by atoms with Crippen LogP contribution in [0.4, 0.5) is 0 Å². The number of hydrogen-bond donors (Lipinski definition) is 1. The fourth-order valence-corrected chi connectivity index (χ4v) is 5.35. The van der Waals surface area contributed by atoms with Gasteiger partial charge in [0.25, 0.3) is 0 Å². The Morgan fingerprint density at radius 3 is 3.00 bits per heavy atom. The van der Waals surface area contributed by atoms with Crippen LogP contribution in [0, 0.1) is 5.92 Å². The molecule has 1 saturated heterocycles. The summed E-state index contributed by atoms with van der Waals surface area (Å²) < 4.78 is 23.0. The Morgan fingerprint density at radius 2 is 2.26 bits per heavy atom. The van der Waals surface area contributed by atoms with Gasteiger partial charge in [-0.2, -0.15) is 0 Å². The molecule has 4 nitrogen and oxygen atoms in total. The van der Waals surface area contributed by atoms with Gasteiger partial charge in [0.15, 0.2) is 9.84 Å². The second-order valence-electron chi connectivity index (χ2n) is 5.86. The quantitative estimate of drug-likeness (QED) is 0.904. The third-order valence-corrected chi connectivity index (χ3v) is 6.29. The van der Waals surface area contributed by atoms with Crippen LogP contribution < -0.4 is 5.73 Å². The first-order valence-electron chi connectivity index (χ1n) is 6.95. The lowest BCUT2D eigenvalue weighted by Crippen LogP contribution is -2.30. The highest BCUT2D eigenvalue weighted by Crippen LogP contribution is 2.36. The number of pyridine rings is 1. The van der Waals surface area contributed by atoms with E-state index in [1.165, 1.54) is 5.56 Å². The summed E-state index contributed by atoms with van der Waals surface area (Å²) in [7, 11) is -2.80. The Hall–Kier alpha value is -0.940. The first kappa shape index (κ1) is 13.1. The van der Waals surface area contributed by atoms with Gasteiger partial charge in [-0.15, -0.1) is 0 Å². The highest BCUT2D eigenvalue weighted by Gasteiger charge is 2.34. The Bertz CT molecular complexity index is 571. The molecule has 19 heavy (non-hydrogen) atoms. The molecule has 0 saturated carbocycles. The lowest BCUT2D eigenvalue weighted by Gasteiger charge is -2.22. The normalized spacial score (nSPS) is 30.2. The van der Waals surface area contributed by atoms with E-state index in [9.17, 15) is 8.42 Å². The number of nitrogens with zero attached hydrogens (tertiary/aromatic N) is 1. The van der Waals surface area contributed by atoms with Gasteiger partial charge in [0.2, 0.25) is 0 Å². The Kier molecular flexibility index (Phi) is 3.35. The van der Waals surface area contributed by atoms with Crippen LogP contribution >= 0.6 is 0 Å². The lowest BCUT2D eigenvalue weighted by atomic mass is 9.89. The zero-order valence-corrected chi connectivity index (χ0v) is 11.8. The molecule has 5 heteroatoms. The molecule has 3 atom stereocenters. The average Bonchev–Trinajstić information content (AvgIpc) is 2.92. The molecule has 0 bridgehead atoms. The van der Waals surface area contributed by atoms with Crippen molar-refractivity contribution in [1.82, 2.24) is 4.98 Å². The van der Waals surface area contributed by atoms with Crippen LogP contribution in [0.25, 0.3) is 0 Å². The van der Waals surface area contributed by atoms with Crippen LogP contribution in [0.5, 0.6) is 0 Å². The van der Waals surface area contributed by atoms with Gasteiger partial charge in [0.05, 0.1) is 11.5 Å². The molecule has 2 heterocycles. The van der Waals surface area contributed by atoms with Crippen LogP contribution in [0.1, 0.15) is 36.4 Å². The topological polar surface area (TPSA) is 73.1 Å². The van der Waals surface area contributed by atoms with Crippen molar-refractivity contribution in [3.8, 4) is 0 Å². The van der Waals surface area contributed by atoms with Gasteiger partial charge in [0, 0.05) is 23.9 Å². The summed E-state index contributed by atoms with van der Waals surface area (Å²) >= 11 is 0. The Labute approximate surface area is 114 Å². The van der Waals surface area contributed by atoms with Gasteiger partial charge in [-0.05, 0) is 43.2 Å². The fourth-order valence-electron chi connectivity index (χ4n) is 3.47. The van der Waals surface area contributed by atoms with Crippen molar-refractivity contribution in [2.45, 2.75) is 37.6 Å². The monoisotopic (exact) mass is 280 g/mol. The SMILES string of the molecule is NC(CC1CCS(=O)(=O)C1)C1CCc2cccnc21. The molecule has 2 N–H and O–H groups in total. The fraction of sp³-hybridized carbons (Fsp3) is 0.643. The molecular formula is C14H20N2O2S. The van der Waals surface area contributed by atoms with E-state index in [1.54, 1.807) is 0 Å². The molecule has 0 aromatic carbocycles. The molecule has 104 valence electrons. The van der Waals surface area contributed by atoms with E-state index in [0.717, 1.165) is 31.4 Å². The largest absolute Gasteiger partial charge is 0.327 e. The standard InChI is InChI=1S/C14H20N2O2S/c15-13(8-10-5-7-19(17,18)9-10)12-4-3-11-2-1-6-16-14(11)12/h1-2,6,10,12-13H,3-5,7-9,15H2. The highest BCUT2D eigenvalue weighted by molar-refractivity contribution is 7.91. The third-order valence-electron chi connectivity index (χ3n) is 4.45. The van der Waals surface area contributed by atoms with Crippen molar-refractivity contribution >= 4 is 9.84 Å². The highest BCUT2D eigenvalue weighted by atomic mass is 32.2. The molecule has 3 unspecified atom stereocenters. The summed E-state index contributed by atoms with van der Waals surface area (Å²) in [6.45, 7) is 0. The van der Waals surface area contributed by atoms with E-state index in [-0.39, 0.29) is 12.0 Å². The molecule has 1 aliphatic carbocycles. The number of sulfone groups is 1. The molecule has 1 fully saturated rings. The Balaban J connectivity index is 1.68. The number of rotatable bonds is 3. The molecule has 0 radical (unpaired) electrons. The van der Waals surface area contributed by atoms with E-state index in [2.05, 4.69) is 11.1 Å². The minimum atomic E-state index is -2.80. The second-order valence-corrected chi connectivity index (χ2v) is 8.09.